The van der Waals surface area contributed by atoms with Gasteiger partial charge in [0.15, 0.2) is 11.0 Å². The largest absolute Gasteiger partial charge is 0.360 e. The molecule has 0 aliphatic rings. The minimum absolute atomic E-state index is 0.0886. The molecule has 8 heteroatoms. The van der Waals surface area contributed by atoms with E-state index in [1.54, 1.807) is 6.07 Å². The van der Waals surface area contributed by atoms with Gasteiger partial charge in [0.2, 0.25) is 5.91 Å². The fourth-order valence-electron chi connectivity index (χ4n) is 2.10. The number of carbonyl (C=O) groups is 1. The molecule has 0 fully saturated rings. The lowest BCUT2D eigenvalue weighted by molar-refractivity contribution is -0.121. The van der Waals surface area contributed by atoms with Gasteiger partial charge in [0, 0.05) is 37.4 Å². The van der Waals surface area contributed by atoms with Gasteiger partial charge in [0.1, 0.15) is 5.76 Å². The van der Waals surface area contributed by atoms with Crippen molar-refractivity contribution >= 4 is 17.5 Å². The molecule has 2 heterocycles. The van der Waals surface area contributed by atoms with Crippen LogP contribution in [0.15, 0.2) is 45.4 Å². The van der Waals surface area contributed by atoms with Gasteiger partial charge in [-0.3, -0.25) is 4.79 Å². The highest BCUT2D eigenvalue weighted by Gasteiger charge is 2.10. The number of rotatable bonds is 7. The second-order valence-electron chi connectivity index (χ2n) is 5.10. The summed E-state index contributed by atoms with van der Waals surface area (Å²) in [7, 11) is 0. The average molecular weight is 347 g/mol. The summed E-state index contributed by atoms with van der Waals surface area (Å²) in [6.07, 6.45) is 1.25. The number of aromatic nitrogens is 3. The molecule has 1 N–H and O–H groups in total. The number of aryl methyl sites for hydroxylation is 1. The predicted molar refractivity (Wildman–Crippen MR) is 86.3 cm³/mol. The van der Waals surface area contributed by atoms with Gasteiger partial charge < -0.3 is 14.4 Å². The molecule has 2 aromatic heterocycles. The molecule has 3 aromatic rings. The fourth-order valence-corrected chi connectivity index (χ4v) is 2.25. The molecule has 0 atom stereocenters. The summed E-state index contributed by atoms with van der Waals surface area (Å²) in [5.74, 6) is 1.52. The molecule has 0 spiro atoms. The number of amides is 1. The van der Waals surface area contributed by atoms with E-state index < -0.39 is 0 Å². The molecule has 0 bridgehead atoms. The first-order valence-electron chi connectivity index (χ1n) is 7.46. The molecule has 0 aliphatic carbocycles. The number of nitrogens with zero attached hydrogens (tertiary/aromatic N) is 3. The molecule has 0 radical (unpaired) electrons. The zero-order chi connectivity index (χ0) is 16.8. The lowest BCUT2D eigenvalue weighted by Gasteiger charge is -2.01. The van der Waals surface area contributed by atoms with Crippen molar-refractivity contribution in [1.82, 2.24) is 20.6 Å². The number of hydrogen-bond acceptors (Lipinski definition) is 6. The first kappa shape index (κ1) is 16.2. The lowest BCUT2D eigenvalue weighted by atomic mass is 10.2. The summed E-state index contributed by atoms with van der Waals surface area (Å²) in [5, 5.41) is 10.6. The molecule has 0 saturated carbocycles. The Balaban J connectivity index is 1.41. The lowest BCUT2D eigenvalue weighted by Crippen LogP contribution is -2.26. The average Bonchev–Trinajstić information content (AvgIpc) is 3.23. The first-order valence-corrected chi connectivity index (χ1v) is 7.84. The molecule has 3 rings (SSSR count). The summed E-state index contributed by atoms with van der Waals surface area (Å²) < 4.78 is 10.1. The first-order chi connectivity index (χ1) is 11.7. The molecule has 1 amide bonds. The van der Waals surface area contributed by atoms with E-state index in [4.69, 9.17) is 20.6 Å². The number of halogens is 1. The second-order valence-corrected chi connectivity index (χ2v) is 5.48. The maximum absolute atomic E-state index is 11.8. The quantitative estimate of drug-likeness (QED) is 0.706. The van der Waals surface area contributed by atoms with Gasteiger partial charge in [-0.25, -0.2) is 0 Å². The van der Waals surface area contributed by atoms with Gasteiger partial charge in [0.05, 0.1) is 0 Å². The van der Waals surface area contributed by atoms with E-state index in [1.807, 2.05) is 30.3 Å². The Morgan fingerprint density at radius 1 is 1.12 bits per heavy atom. The Kier molecular flexibility index (Phi) is 5.22. The van der Waals surface area contributed by atoms with Crippen LogP contribution < -0.4 is 5.32 Å². The predicted octanol–water partition coefficient (Wildman–Crippen LogP) is 2.67. The minimum atomic E-state index is -0.0886. The maximum Gasteiger partial charge on any atom is 0.257 e. The minimum Gasteiger partial charge on any atom is -0.360 e. The van der Waals surface area contributed by atoms with Crippen LogP contribution in [0.1, 0.15) is 18.0 Å². The van der Waals surface area contributed by atoms with Crippen LogP contribution in [0.25, 0.3) is 11.5 Å². The van der Waals surface area contributed by atoms with Crippen molar-refractivity contribution in [2.24, 2.45) is 0 Å². The monoisotopic (exact) mass is 346 g/mol. The van der Waals surface area contributed by atoms with Crippen LogP contribution >= 0.6 is 11.6 Å². The van der Waals surface area contributed by atoms with E-state index >= 15 is 0 Å². The topological polar surface area (TPSA) is 94.1 Å². The molecule has 1 aromatic carbocycles. The van der Waals surface area contributed by atoms with E-state index in [-0.39, 0.29) is 11.1 Å². The normalized spacial score (nSPS) is 10.7. The van der Waals surface area contributed by atoms with Crippen molar-refractivity contribution in [3.05, 3.63) is 53.1 Å². The standard InChI is InChI=1S/C16H15ClN4O3/c17-13-10-12(23-20-13)6-7-15(22)18-9-8-14-19-16(24-21-14)11-4-2-1-3-5-11/h1-5,10H,6-9H2,(H,18,22). The fraction of sp³-hybridized carbons (Fsp3) is 0.250. The Morgan fingerprint density at radius 3 is 2.71 bits per heavy atom. The van der Waals surface area contributed by atoms with Crippen LogP contribution in [0.4, 0.5) is 0 Å². The van der Waals surface area contributed by atoms with Gasteiger partial charge in [-0.2, -0.15) is 4.98 Å². The van der Waals surface area contributed by atoms with Crippen molar-refractivity contribution in [2.75, 3.05) is 6.54 Å². The molecule has 0 aliphatic heterocycles. The van der Waals surface area contributed by atoms with Gasteiger partial charge in [-0.05, 0) is 12.1 Å². The molecule has 7 nitrogen and oxygen atoms in total. The van der Waals surface area contributed by atoms with Crippen molar-refractivity contribution in [2.45, 2.75) is 19.3 Å². The van der Waals surface area contributed by atoms with Crippen molar-refractivity contribution in [3.8, 4) is 11.5 Å². The highest BCUT2D eigenvalue weighted by atomic mass is 35.5. The van der Waals surface area contributed by atoms with Gasteiger partial charge in [0.25, 0.3) is 5.89 Å². The Morgan fingerprint density at radius 2 is 1.96 bits per heavy atom. The van der Waals surface area contributed by atoms with E-state index in [9.17, 15) is 4.79 Å². The van der Waals surface area contributed by atoms with E-state index in [2.05, 4.69) is 20.6 Å². The van der Waals surface area contributed by atoms with Crippen LogP contribution in [-0.2, 0) is 17.6 Å². The summed E-state index contributed by atoms with van der Waals surface area (Å²) in [5.41, 5.74) is 0.867. The third-order valence-electron chi connectivity index (χ3n) is 3.29. The zero-order valence-corrected chi connectivity index (χ0v) is 13.5. The number of nitrogens with one attached hydrogen (secondary N) is 1. The molecule has 0 unspecified atom stereocenters. The van der Waals surface area contributed by atoms with E-state index in [0.717, 1.165) is 5.56 Å². The molecule has 24 heavy (non-hydrogen) atoms. The molecule has 0 saturated heterocycles. The van der Waals surface area contributed by atoms with Gasteiger partial charge in [-0.15, -0.1) is 0 Å². The van der Waals surface area contributed by atoms with Crippen molar-refractivity contribution in [3.63, 3.8) is 0 Å². The smallest absolute Gasteiger partial charge is 0.257 e. The van der Waals surface area contributed by atoms with E-state index in [1.165, 1.54) is 0 Å². The van der Waals surface area contributed by atoms with Crippen LogP contribution in [0.2, 0.25) is 5.15 Å². The number of carbonyl (C=O) groups excluding carboxylic acids is 1. The summed E-state index contributed by atoms with van der Waals surface area (Å²) in [4.78, 5) is 16.1. The molecular formula is C16H15ClN4O3. The van der Waals surface area contributed by atoms with Gasteiger partial charge >= 0.3 is 0 Å². The highest BCUT2D eigenvalue weighted by molar-refractivity contribution is 6.29. The third-order valence-corrected chi connectivity index (χ3v) is 3.47. The summed E-state index contributed by atoms with van der Waals surface area (Å²) >= 11 is 5.65. The van der Waals surface area contributed by atoms with E-state index in [0.29, 0.717) is 43.3 Å². The Hall–Kier alpha value is -2.67. The molecule has 124 valence electrons. The van der Waals surface area contributed by atoms with Crippen LogP contribution in [0.3, 0.4) is 0 Å². The van der Waals surface area contributed by atoms with Crippen molar-refractivity contribution < 1.29 is 13.8 Å². The molecular weight excluding hydrogens is 332 g/mol. The number of benzene rings is 1. The van der Waals surface area contributed by atoms with Gasteiger partial charge in [-0.1, -0.05) is 40.1 Å². The van der Waals surface area contributed by atoms with Crippen LogP contribution in [0, 0.1) is 0 Å². The Labute approximate surface area is 143 Å². The highest BCUT2D eigenvalue weighted by Crippen LogP contribution is 2.16. The SMILES string of the molecule is O=C(CCc1cc(Cl)no1)NCCc1noc(-c2ccccc2)n1. The number of hydrogen-bond donors (Lipinski definition) is 1. The summed E-state index contributed by atoms with van der Waals surface area (Å²) in [6, 6.07) is 11.1. The van der Waals surface area contributed by atoms with Crippen molar-refractivity contribution in [1.29, 1.82) is 0 Å². The zero-order valence-electron chi connectivity index (χ0n) is 12.7. The summed E-state index contributed by atoms with van der Waals surface area (Å²) in [6.45, 7) is 0.434. The third kappa shape index (κ3) is 4.42. The van der Waals surface area contributed by atoms with Crippen LogP contribution in [-0.4, -0.2) is 27.7 Å². The van der Waals surface area contributed by atoms with Crippen LogP contribution in [0.5, 0.6) is 0 Å². The Bertz CT molecular complexity index is 801. The second kappa shape index (κ2) is 7.74. The maximum atomic E-state index is 11.8.